The molecule has 0 aliphatic carbocycles. The van der Waals surface area contributed by atoms with Crippen molar-refractivity contribution in [3.8, 4) is 0 Å². The number of benzene rings is 2. The molecule has 0 bridgehead atoms. The van der Waals surface area contributed by atoms with E-state index in [9.17, 15) is 9.59 Å². The maximum absolute atomic E-state index is 12.9. The summed E-state index contributed by atoms with van der Waals surface area (Å²) in [5.41, 5.74) is 2.09. The number of nitrogens with zero attached hydrogens (tertiary/aromatic N) is 1. The summed E-state index contributed by atoms with van der Waals surface area (Å²) in [6.45, 7) is 6.35. The number of rotatable bonds is 7. The Morgan fingerprint density at radius 1 is 1.13 bits per heavy atom. The average molecular weight is 462 g/mol. The van der Waals surface area contributed by atoms with Crippen LogP contribution in [0.3, 0.4) is 0 Å². The van der Waals surface area contributed by atoms with E-state index in [0.29, 0.717) is 21.3 Å². The van der Waals surface area contributed by atoms with E-state index in [1.165, 1.54) is 0 Å². The number of halogens is 2. The second kappa shape index (κ2) is 11.0. The minimum absolute atomic E-state index is 0.0343. The first-order chi connectivity index (χ1) is 14.9. The number of likely N-dealkylation sites (tertiary alicyclic amines) is 1. The van der Waals surface area contributed by atoms with E-state index in [-0.39, 0.29) is 23.8 Å². The van der Waals surface area contributed by atoms with Crippen molar-refractivity contribution in [2.75, 3.05) is 18.4 Å². The molecule has 3 rings (SSSR count). The number of anilines is 1. The second-order valence-electron chi connectivity index (χ2n) is 8.10. The molecule has 1 atom stereocenters. The molecule has 31 heavy (non-hydrogen) atoms. The number of nitrogens with one attached hydrogen (secondary N) is 2. The summed E-state index contributed by atoms with van der Waals surface area (Å²) in [7, 11) is 0. The maximum Gasteiger partial charge on any atom is 0.253 e. The molecule has 1 saturated heterocycles. The topological polar surface area (TPSA) is 61.4 Å². The number of piperidine rings is 1. The number of hydrogen-bond acceptors (Lipinski definition) is 3. The second-order valence-corrected chi connectivity index (χ2v) is 8.95. The molecule has 0 radical (unpaired) electrons. The minimum Gasteiger partial charge on any atom is -0.350 e. The molecule has 2 N–H and O–H groups in total. The van der Waals surface area contributed by atoms with Gasteiger partial charge in [0.15, 0.2) is 0 Å². The van der Waals surface area contributed by atoms with E-state index in [1.807, 2.05) is 38.1 Å². The van der Waals surface area contributed by atoms with Crippen molar-refractivity contribution < 1.29 is 9.59 Å². The van der Waals surface area contributed by atoms with Crippen molar-refractivity contribution >= 4 is 40.7 Å². The third-order valence-electron chi connectivity index (χ3n) is 5.79. The maximum atomic E-state index is 12.9. The van der Waals surface area contributed by atoms with Gasteiger partial charge in [0.1, 0.15) is 0 Å². The van der Waals surface area contributed by atoms with E-state index < -0.39 is 0 Å². The Hall–Kier alpha value is -2.08. The highest BCUT2D eigenvalue weighted by molar-refractivity contribution is 6.35. The van der Waals surface area contributed by atoms with E-state index in [1.54, 1.807) is 18.2 Å². The van der Waals surface area contributed by atoms with Crippen molar-refractivity contribution in [2.24, 2.45) is 5.92 Å². The Balaban J connectivity index is 1.56. The summed E-state index contributed by atoms with van der Waals surface area (Å²) in [6, 6.07) is 12.8. The molecule has 1 aliphatic heterocycles. The summed E-state index contributed by atoms with van der Waals surface area (Å²) in [5.74, 6) is -0.282. The molecule has 2 aromatic rings. The van der Waals surface area contributed by atoms with E-state index >= 15 is 0 Å². The molecule has 7 heteroatoms. The van der Waals surface area contributed by atoms with E-state index in [2.05, 4.69) is 15.5 Å². The van der Waals surface area contributed by atoms with Crippen molar-refractivity contribution in [3.05, 3.63) is 63.6 Å². The summed E-state index contributed by atoms with van der Waals surface area (Å²) < 4.78 is 0. The first-order valence-electron chi connectivity index (χ1n) is 10.7. The van der Waals surface area contributed by atoms with Crippen molar-refractivity contribution in [1.29, 1.82) is 0 Å². The van der Waals surface area contributed by atoms with Gasteiger partial charge in [-0.2, -0.15) is 0 Å². The summed E-state index contributed by atoms with van der Waals surface area (Å²) >= 11 is 12.3. The van der Waals surface area contributed by atoms with Crippen molar-refractivity contribution in [3.63, 3.8) is 0 Å². The largest absolute Gasteiger partial charge is 0.350 e. The minimum atomic E-state index is -0.167. The van der Waals surface area contributed by atoms with Gasteiger partial charge in [0, 0.05) is 28.5 Å². The van der Waals surface area contributed by atoms with Crippen LogP contribution in [0.5, 0.6) is 0 Å². The number of carbonyl (C=O) groups excluding carboxylic acids is 2. The highest BCUT2D eigenvalue weighted by Gasteiger charge is 2.26. The number of carbonyl (C=O) groups is 2. The van der Waals surface area contributed by atoms with Gasteiger partial charge in [-0.15, -0.1) is 0 Å². The molecule has 5 nitrogen and oxygen atoms in total. The molecule has 166 valence electrons. The van der Waals surface area contributed by atoms with Gasteiger partial charge >= 0.3 is 0 Å². The van der Waals surface area contributed by atoms with Gasteiger partial charge in [0.25, 0.3) is 5.91 Å². The van der Waals surface area contributed by atoms with Crippen LogP contribution in [0.1, 0.15) is 49.0 Å². The Labute approximate surface area is 194 Å². The van der Waals surface area contributed by atoms with Gasteiger partial charge < -0.3 is 10.6 Å². The normalized spacial score (nSPS) is 16.0. The Bertz CT molecular complexity index is 927. The number of hydrogen-bond donors (Lipinski definition) is 2. The first-order valence-corrected chi connectivity index (χ1v) is 11.5. The lowest BCUT2D eigenvalue weighted by Gasteiger charge is -2.31. The molecule has 2 amide bonds. The van der Waals surface area contributed by atoms with Gasteiger partial charge in [0.2, 0.25) is 5.91 Å². The predicted molar refractivity (Wildman–Crippen MR) is 127 cm³/mol. The molecular formula is C24H29Cl2N3O2. The van der Waals surface area contributed by atoms with Gasteiger partial charge in [-0.05, 0) is 69.1 Å². The van der Waals surface area contributed by atoms with Gasteiger partial charge in [-0.25, -0.2) is 0 Å². The van der Waals surface area contributed by atoms with Gasteiger partial charge in [0.05, 0.1) is 11.3 Å². The third-order valence-corrected chi connectivity index (χ3v) is 6.37. The number of para-hydroxylation sites is 1. The lowest BCUT2D eigenvalue weighted by molar-refractivity contribution is -0.121. The highest BCUT2D eigenvalue weighted by atomic mass is 35.5. The van der Waals surface area contributed by atoms with E-state index in [0.717, 1.165) is 44.5 Å². The predicted octanol–water partition coefficient (Wildman–Crippen LogP) is 5.37. The summed E-state index contributed by atoms with van der Waals surface area (Å²) in [5, 5.41) is 7.23. The van der Waals surface area contributed by atoms with Crippen LogP contribution in [0.4, 0.5) is 5.69 Å². The Kier molecular flexibility index (Phi) is 8.35. The lowest BCUT2D eigenvalue weighted by atomic mass is 9.95. The molecule has 0 saturated carbocycles. The first kappa shape index (κ1) is 23.6. The molecule has 2 aromatic carbocycles. The van der Waals surface area contributed by atoms with Crippen LogP contribution in [-0.2, 0) is 11.3 Å². The smallest absolute Gasteiger partial charge is 0.253 e. The van der Waals surface area contributed by atoms with Crippen LogP contribution in [0.25, 0.3) is 0 Å². The van der Waals surface area contributed by atoms with Crippen LogP contribution in [0, 0.1) is 5.92 Å². The van der Waals surface area contributed by atoms with Crippen LogP contribution in [0.15, 0.2) is 42.5 Å². The third kappa shape index (κ3) is 6.45. The molecule has 1 heterocycles. The fourth-order valence-electron chi connectivity index (χ4n) is 3.67. The molecule has 1 aliphatic rings. The Morgan fingerprint density at radius 3 is 2.52 bits per heavy atom. The fourth-order valence-corrected chi connectivity index (χ4v) is 4.14. The van der Waals surface area contributed by atoms with Crippen LogP contribution >= 0.6 is 23.2 Å². The molecule has 1 unspecified atom stereocenters. The summed E-state index contributed by atoms with van der Waals surface area (Å²) in [6.07, 6.45) is 2.37. The van der Waals surface area contributed by atoms with Crippen LogP contribution < -0.4 is 10.6 Å². The zero-order valence-electron chi connectivity index (χ0n) is 18.0. The molecular weight excluding hydrogens is 433 g/mol. The van der Waals surface area contributed by atoms with Crippen molar-refractivity contribution in [1.82, 2.24) is 10.2 Å². The molecule has 1 fully saturated rings. The standard InChI is InChI=1S/C24H29Cl2N3O2/c1-3-16(2)27-24(31)20-6-4-5-7-22(20)28-23(30)17-10-12-29(13-11-17)15-18-8-9-19(25)14-21(18)26/h4-9,14,16-17H,3,10-13,15H2,1-2H3,(H,27,31)(H,28,30). The van der Waals surface area contributed by atoms with Gasteiger partial charge in [-0.1, -0.05) is 48.3 Å². The SMILES string of the molecule is CCC(C)NC(=O)c1ccccc1NC(=O)C1CCN(Cc2ccc(Cl)cc2Cl)CC1. The van der Waals surface area contributed by atoms with Crippen molar-refractivity contribution in [2.45, 2.75) is 45.7 Å². The molecule has 0 aromatic heterocycles. The monoisotopic (exact) mass is 461 g/mol. The quantitative estimate of drug-likeness (QED) is 0.582. The zero-order chi connectivity index (χ0) is 22.4. The fraction of sp³-hybridized carbons (Fsp3) is 0.417. The van der Waals surface area contributed by atoms with Crippen LogP contribution in [0.2, 0.25) is 10.0 Å². The lowest BCUT2D eigenvalue weighted by Crippen LogP contribution is -2.38. The van der Waals surface area contributed by atoms with Gasteiger partial charge in [-0.3, -0.25) is 14.5 Å². The zero-order valence-corrected chi connectivity index (χ0v) is 19.5. The molecule has 0 spiro atoms. The van der Waals surface area contributed by atoms with E-state index in [4.69, 9.17) is 23.2 Å². The average Bonchev–Trinajstić information content (AvgIpc) is 2.76. The van der Waals surface area contributed by atoms with Crippen LogP contribution in [-0.4, -0.2) is 35.8 Å². The Morgan fingerprint density at radius 2 is 1.84 bits per heavy atom. The number of amides is 2. The highest BCUT2D eigenvalue weighted by Crippen LogP contribution is 2.26. The summed E-state index contributed by atoms with van der Waals surface area (Å²) in [4.78, 5) is 27.7.